The molecule has 226 valence electrons. The number of nitrogens with one attached hydrogen (secondary N) is 3. The standard InChI is InChI=1S/C27H28N2O2.C4H9NO.CH4O3S/c1-17(2)28-22-15-16-23(29-18(3)13-14-19-9-5-4-6-10-19)25-24(22)26(30)20-11-7-8-12-21(20)27(25)31;1-3-5-4(2)6;1-5(2,3)4/h4-12,15-18,28-29H,13-14H2,1-3H3;3H2,1-2H3,(H,5,6);1H3,(H,2,3,4). The van der Waals surface area contributed by atoms with E-state index in [1.165, 1.54) is 12.5 Å². The molecule has 0 fully saturated rings. The van der Waals surface area contributed by atoms with Crippen molar-refractivity contribution in [3.05, 3.63) is 94.5 Å². The van der Waals surface area contributed by atoms with Gasteiger partial charge in [-0.2, -0.15) is 8.42 Å². The quantitative estimate of drug-likeness (QED) is 0.200. The Bertz CT molecular complexity index is 1480. The van der Waals surface area contributed by atoms with Crippen molar-refractivity contribution in [2.24, 2.45) is 0 Å². The molecule has 1 atom stereocenters. The van der Waals surface area contributed by atoms with Gasteiger partial charge in [0.15, 0.2) is 11.6 Å². The van der Waals surface area contributed by atoms with Crippen LogP contribution in [0.4, 0.5) is 11.4 Å². The van der Waals surface area contributed by atoms with Crippen LogP contribution in [0.5, 0.6) is 0 Å². The number of hydrogen-bond acceptors (Lipinski definition) is 7. The molecule has 0 saturated heterocycles. The van der Waals surface area contributed by atoms with E-state index in [0.717, 1.165) is 25.1 Å². The Kier molecular flexibility index (Phi) is 12.9. The fourth-order valence-corrected chi connectivity index (χ4v) is 4.39. The predicted molar refractivity (Wildman–Crippen MR) is 168 cm³/mol. The summed E-state index contributed by atoms with van der Waals surface area (Å²) < 4.78 is 25.9. The van der Waals surface area contributed by atoms with Crippen molar-refractivity contribution in [1.82, 2.24) is 5.32 Å². The van der Waals surface area contributed by atoms with Gasteiger partial charge in [0.1, 0.15) is 0 Å². The molecule has 0 bridgehead atoms. The van der Waals surface area contributed by atoms with Crippen molar-refractivity contribution in [2.45, 2.75) is 59.5 Å². The Morgan fingerprint density at radius 1 is 0.810 bits per heavy atom. The highest BCUT2D eigenvalue weighted by molar-refractivity contribution is 7.85. The van der Waals surface area contributed by atoms with E-state index in [1.807, 2.05) is 51.1 Å². The average Bonchev–Trinajstić information content (AvgIpc) is 2.91. The second kappa shape index (κ2) is 15.8. The Labute approximate surface area is 248 Å². The van der Waals surface area contributed by atoms with Crippen LogP contribution in [0.25, 0.3) is 0 Å². The van der Waals surface area contributed by atoms with Gasteiger partial charge < -0.3 is 16.0 Å². The molecule has 4 N–H and O–H groups in total. The topological polar surface area (TPSA) is 142 Å². The third kappa shape index (κ3) is 10.8. The van der Waals surface area contributed by atoms with E-state index < -0.39 is 10.1 Å². The Hall–Kier alpha value is -4.02. The third-order valence-corrected chi connectivity index (χ3v) is 6.06. The normalized spacial score (nSPS) is 12.5. The van der Waals surface area contributed by atoms with Crippen LogP contribution in [0.3, 0.4) is 0 Å². The maximum Gasteiger partial charge on any atom is 0.261 e. The highest BCUT2D eigenvalue weighted by Gasteiger charge is 2.34. The monoisotopic (exact) mass is 595 g/mol. The summed E-state index contributed by atoms with van der Waals surface area (Å²) in [6, 6.07) is 21.6. The second-order valence-corrected chi connectivity index (χ2v) is 11.8. The summed E-state index contributed by atoms with van der Waals surface area (Å²) in [6.45, 7) is 10.3. The summed E-state index contributed by atoms with van der Waals surface area (Å²) in [7, 11) is -3.67. The van der Waals surface area contributed by atoms with E-state index in [9.17, 15) is 22.8 Å². The molecular formula is C32H41N3O6S. The van der Waals surface area contributed by atoms with Crippen LogP contribution in [0.2, 0.25) is 0 Å². The number of rotatable bonds is 8. The van der Waals surface area contributed by atoms with E-state index in [-0.39, 0.29) is 29.6 Å². The average molecular weight is 596 g/mol. The number of fused-ring (bicyclic) bond motifs is 2. The van der Waals surface area contributed by atoms with Gasteiger partial charge in [0.25, 0.3) is 10.1 Å². The van der Waals surface area contributed by atoms with Gasteiger partial charge in [0, 0.05) is 48.1 Å². The van der Waals surface area contributed by atoms with Gasteiger partial charge in [-0.05, 0) is 58.2 Å². The molecule has 1 aliphatic carbocycles. The van der Waals surface area contributed by atoms with Crippen LogP contribution < -0.4 is 16.0 Å². The van der Waals surface area contributed by atoms with Crippen molar-refractivity contribution in [2.75, 3.05) is 23.4 Å². The van der Waals surface area contributed by atoms with Gasteiger partial charge in [-0.1, -0.05) is 54.6 Å². The maximum atomic E-state index is 13.5. The number of ketones is 2. The first kappa shape index (κ1) is 34.2. The Morgan fingerprint density at radius 2 is 1.26 bits per heavy atom. The van der Waals surface area contributed by atoms with Crippen LogP contribution in [-0.4, -0.2) is 55.3 Å². The van der Waals surface area contributed by atoms with Gasteiger partial charge >= 0.3 is 0 Å². The summed E-state index contributed by atoms with van der Waals surface area (Å²) in [6.07, 6.45) is 2.58. The lowest BCUT2D eigenvalue weighted by atomic mass is 9.82. The fraction of sp³-hybridized carbons (Fsp3) is 0.344. The van der Waals surface area contributed by atoms with E-state index >= 15 is 0 Å². The van der Waals surface area contributed by atoms with Crippen molar-refractivity contribution in [3.63, 3.8) is 0 Å². The lowest BCUT2D eigenvalue weighted by Crippen LogP contribution is -2.27. The number of anilines is 2. The first-order valence-electron chi connectivity index (χ1n) is 13.8. The predicted octanol–water partition coefficient (Wildman–Crippen LogP) is 5.36. The number of aryl methyl sites for hydroxylation is 1. The maximum absolute atomic E-state index is 13.5. The number of carbonyl (C=O) groups excluding carboxylic acids is 3. The molecule has 1 unspecified atom stereocenters. The van der Waals surface area contributed by atoms with Crippen molar-refractivity contribution < 1.29 is 27.4 Å². The molecule has 3 aromatic carbocycles. The van der Waals surface area contributed by atoms with E-state index in [4.69, 9.17) is 4.55 Å². The van der Waals surface area contributed by atoms with Crippen LogP contribution in [0, 0.1) is 0 Å². The molecule has 1 aliphatic rings. The Morgan fingerprint density at radius 3 is 1.67 bits per heavy atom. The lowest BCUT2D eigenvalue weighted by Gasteiger charge is -2.26. The SMILES string of the molecule is CC(C)Nc1ccc(NC(C)CCc2ccccc2)c2c1C(=O)c1ccccc1C2=O.CCNC(C)=O.CS(=O)(=O)O. The number of carbonyl (C=O) groups is 3. The molecule has 0 radical (unpaired) electrons. The molecule has 9 nitrogen and oxygen atoms in total. The molecule has 10 heteroatoms. The van der Waals surface area contributed by atoms with Gasteiger partial charge in [-0.3, -0.25) is 18.9 Å². The summed E-state index contributed by atoms with van der Waals surface area (Å²) in [5, 5.41) is 9.41. The molecular weight excluding hydrogens is 554 g/mol. The highest BCUT2D eigenvalue weighted by atomic mass is 32.2. The van der Waals surface area contributed by atoms with Crippen LogP contribution in [0.15, 0.2) is 66.7 Å². The summed E-state index contributed by atoms with van der Waals surface area (Å²) >= 11 is 0. The largest absolute Gasteiger partial charge is 0.382 e. The summed E-state index contributed by atoms with van der Waals surface area (Å²) in [4.78, 5) is 36.8. The third-order valence-electron chi connectivity index (χ3n) is 6.06. The smallest absolute Gasteiger partial charge is 0.261 e. The molecule has 0 heterocycles. The molecule has 4 rings (SSSR count). The highest BCUT2D eigenvalue weighted by Crippen LogP contribution is 2.37. The van der Waals surface area contributed by atoms with Crippen molar-refractivity contribution in [1.29, 1.82) is 0 Å². The van der Waals surface area contributed by atoms with Gasteiger partial charge in [-0.25, -0.2) is 0 Å². The minimum absolute atomic E-state index is 0.0394. The summed E-state index contributed by atoms with van der Waals surface area (Å²) in [5.41, 5.74) is 4.61. The molecule has 0 aromatic heterocycles. The minimum atomic E-state index is -3.67. The number of hydrogen-bond donors (Lipinski definition) is 4. The zero-order valence-corrected chi connectivity index (χ0v) is 25.8. The number of benzene rings is 3. The second-order valence-electron chi connectivity index (χ2n) is 10.3. The van der Waals surface area contributed by atoms with Crippen molar-refractivity contribution >= 4 is 39.0 Å². The lowest BCUT2D eigenvalue weighted by molar-refractivity contribution is -0.118. The molecule has 1 amide bonds. The van der Waals surface area contributed by atoms with Gasteiger partial charge in [0.05, 0.1) is 17.4 Å². The minimum Gasteiger partial charge on any atom is -0.382 e. The molecule has 0 saturated carbocycles. The van der Waals surface area contributed by atoms with Crippen LogP contribution in [-0.2, 0) is 21.3 Å². The summed E-state index contributed by atoms with van der Waals surface area (Å²) in [5.74, 6) is -0.165. The zero-order chi connectivity index (χ0) is 31.4. The van der Waals surface area contributed by atoms with E-state index in [0.29, 0.717) is 34.2 Å². The molecule has 3 aromatic rings. The molecule has 42 heavy (non-hydrogen) atoms. The van der Waals surface area contributed by atoms with Crippen LogP contribution in [0.1, 0.15) is 78.4 Å². The van der Waals surface area contributed by atoms with Crippen LogP contribution >= 0.6 is 0 Å². The zero-order valence-electron chi connectivity index (χ0n) is 25.0. The fourth-order valence-electron chi connectivity index (χ4n) is 4.39. The molecule has 0 aliphatic heterocycles. The number of amides is 1. The first-order chi connectivity index (χ1) is 19.7. The first-order valence-corrected chi connectivity index (χ1v) is 15.7. The van der Waals surface area contributed by atoms with Gasteiger partial charge in [-0.15, -0.1) is 0 Å². The van der Waals surface area contributed by atoms with E-state index in [1.54, 1.807) is 24.3 Å². The molecule has 0 spiro atoms. The Balaban J connectivity index is 0.000000478. The van der Waals surface area contributed by atoms with Crippen molar-refractivity contribution in [3.8, 4) is 0 Å². The van der Waals surface area contributed by atoms with Gasteiger partial charge in [0.2, 0.25) is 5.91 Å². The van der Waals surface area contributed by atoms with E-state index in [2.05, 4.69) is 35.0 Å².